The molecule has 130 valence electrons. The Balaban J connectivity index is 1.77. The number of hydrogen-bond acceptors (Lipinski definition) is 5. The number of rotatable bonds is 9. The fourth-order valence-electron chi connectivity index (χ4n) is 3.48. The Labute approximate surface area is 136 Å². The van der Waals surface area contributed by atoms with Crippen molar-refractivity contribution >= 4 is 11.7 Å². The largest absolute Gasteiger partial charge is 0.481 e. The third-order valence-electron chi connectivity index (χ3n) is 4.77. The van der Waals surface area contributed by atoms with Crippen molar-refractivity contribution in [1.29, 1.82) is 0 Å². The summed E-state index contributed by atoms with van der Waals surface area (Å²) in [7, 11) is 0. The van der Waals surface area contributed by atoms with Gasteiger partial charge in [0.05, 0.1) is 17.9 Å². The second kappa shape index (κ2) is 8.45. The summed E-state index contributed by atoms with van der Waals surface area (Å²) >= 11 is 0. The first-order valence-corrected chi connectivity index (χ1v) is 8.47. The summed E-state index contributed by atoms with van der Waals surface area (Å²) in [6, 6.07) is 0. The summed E-state index contributed by atoms with van der Waals surface area (Å²) in [6.07, 6.45) is 6.63. The number of carbonyl (C=O) groups is 1. The molecular weight excluding hydrogens is 298 g/mol. The minimum atomic E-state index is -0.830. The lowest BCUT2D eigenvalue weighted by Crippen LogP contribution is -2.36. The average molecular weight is 325 g/mol. The van der Waals surface area contributed by atoms with Crippen LogP contribution in [0.4, 0.5) is 0 Å². The smallest absolute Gasteiger partial charge is 0.303 e. The summed E-state index contributed by atoms with van der Waals surface area (Å²) in [5.41, 5.74) is 0.967. The van der Waals surface area contributed by atoms with Gasteiger partial charge in [-0.2, -0.15) is 0 Å². The van der Waals surface area contributed by atoms with Gasteiger partial charge in [0.15, 0.2) is 0 Å². The van der Waals surface area contributed by atoms with Crippen molar-refractivity contribution in [3.05, 3.63) is 12.2 Å². The van der Waals surface area contributed by atoms with Crippen LogP contribution in [0, 0.1) is 17.8 Å². The van der Waals surface area contributed by atoms with Gasteiger partial charge < -0.3 is 20.2 Å². The first-order chi connectivity index (χ1) is 11.0. The highest BCUT2D eigenvalue weighted by Crippen LogP contribution is 2.49. The summed E-state index contributed by atoms with van der Waals surface area (Å²) in [5, 5.41) is 32.6. The zero-order chi connectivity index (χ0) is 16.8. The second-order valence-electron chi connectivity index (χ2n) is 6.51. The van der Waals surface area contributed by atoms with Crippen molar-refractivity contribution in [2.75, 3.05) is 6.61 Å². The summed E-state index contributed by atoms with van der Waals surface area (Å²) in [6.45, 7) is 2.34. The molecule has 0 saturated heterocycles. The van der Waals surface area contributed by atoms with Crippen molar-refractivity contribution in [2.24, 2.45) is 22.9 Å². The standard InChI is InChI=1S/C17H27NO5/c1-2-4-11(19)6-7-12-13-9-15(14(13)10-16(12)20)18-23-8-3-5-17(21)22/h6-7,11-14,16,19-20H,2-5,8-10H2,1H3,(H,21,22)/t11?,12?,13-,14-,16?/m0/s1. The van der Waals surface area contributed by atoms with E-state index in [9.17, 15) is 15.0 Å². The average Bonchev–Trinajstić information content (AvgIpc) is 2.72. The van der Waals surface area contributed by atoms with Crippen molar-refractivity contribution in [2.45, 2.75) is 57.7 Å². The van der Waals surface area contributed by atoms with Crippen LogP contribution >= 0.6 is 0 Å². The predicted molar refractivity (Wildman–Crippen MR) is 86.0 cm³/mol. The number of hydrogen-bond donors (Lipinski definition) is 3. The molecule has 0 aromatic carbocycles. The van der Waals surface area contributed by atoms with Crippen molar-refractivity contribution < 1.29 is 25.0 Å². The van der Waals surface area contributed by atoms with E-state index in [1.807, 2.05) is 13.0 Å². The summed E-state index contributed by atoms with van der Waals surface area (Å²) in [4.78, 5) is 15.6. The Kier molecular flexibility index (Phi) is 6.59. The number of aliphatic hydroxyl groups excluding tert-OH is 2. The van der Waals surface area contributed by atoms with Crippen molar-refractivity contribution in [3.63, 3.8) is 0 Å². The van der Waals surface area contributed by atoms with Gasteiger partial charge in [-0.3, -0.25) is 4.79 Å². The van der Waals surface area contributed by atoms with E-state index in [1.54, 1.807) is 6.08 Å². The summed E-state index contributed by atoms with van der Waals surface area (Å²) < 4.78 is 0. The molecule has 0 bridgehead atoms. The number of carboxylic acids is 1. The van der Waals surface area contributed by atoms with Gasteiger partial charge in [-0.25, -0.2) is 0 Å². The van der Waals surface area contributed by atoms with E-state index in [0.29, 0.717) is 25.4 Å². The highest BCUT2D eigenvalue weighted by molar-refractivity contribution is 5.93. The van der Waals surface area contributed by atoms with Gasteiger partial charge >= 0.3 is 5.97 Å². The molecule has 3 unspecified atom stereocenters. The van der Waals surface area contributed by atoms with Crippen LogP contribution < -0.4 is 0 Å². The normalized spacial score (nSPS) is 32.7. The molecule has 0 amide bonds. The number of aliphatic carboxylic acids is 1. The lowest BCUT2D eigenvalue weighted by molar-refractivity contribution is -0.137. The molecule has 0 radical (unpaired) electrons. The van der Waals surface area contributed by atoms with Crippen LogP contribution in [0.2, 0.25) is 0 Å². The van der Waals surface area contributed by atoms with E-state index >= 15 is 0 Å². The zero-order valence-electron chi connectivity index (χ0n) is 13.6. The van der Waals surface area contributed by atoms with E-state index < -0.39 is 18.2 Å². The van der Waals surface area contributed by atoms with Crippen LogP contribution in [0.5, 0.6) is 0 Å². The third-order valence-corrected chi connectivity index (χ3v) is 4.77. The SMILES string of the molecule is CCCC(O)C=CC1C(O)C[C@@H]2C(=NOCCCC(=O)O)C[C@@H]12. The zero-order valence-corrected chi connectivity index (χ0v) is 13.6. The molecule has 0 spiro atoms. The molecule has 5 atom stereocenters. The van der Waals surface area contributed by atoms with Crippen molar-refractivity contribution in [3.8, 4) is 0 Å². The molecule has 3 N–H and O–H groups in total. The minimum absolute atomic E-state index is 0.0810. The Bertz CT molecular complexity index is 462. The molecule has 2 rings (SSSR count). The van der Waals surface area contributed by atoms with Crippen LogP contribution in [-0.2, 0) is 9.63 Å². The van der Waals surface area contributed by atoms with Gasteiger partial charge in [0.2, 0.25) is 0 Å². The van der Waals surface area contributed by atoms with E-state index in [0.717, 1.165) is 25.0 Å². The second-order valence-corrected chi connectivity index (χ2v) is 6.51. The van der Waals surface area contributed by atoms with E-state index in [1.165, 1.54) is 0 Å². The molecule has 6 nitrogen and oxygen atoms in total. The molecular formula is C17H27NO5. The molecule has 2 fully saturated rings. The lowest BCUT2D eigenvalue weighted by Gasteiger charge is -2.34. The maximum atomic E-state index is 10.4. The molecule has 0 aromatic heterocycles. The van der Waals surface area contributed by atoms with Crippen LogP contribution in [0.25, 0.3) is 0 Å². The topological polar surface area (TPSA) is 99.4 Å². The Morgan fingerprint density at radius 2 is 2.30 bits per heavy atom. The first kappa shape index (κ1) is 17.9. The van der Waals surface area contributed by atoms with E-state index in [2.05, 4.69) is 5.16 Å². The van der Waals surface area contributed by atoms with Crippen LogP contribution in [0.15, 0.2) is 17.3 Å². The molecule has 2 aliphatic carbocycles. The maximum Gasteiger partial charge on any atom is 0.303 e. The number of fused-ring (bicyclic) bond motifs is 1. The van der Waals surface area contributed by atoms with Gasteiger partial charge in [-0.1, -0.05) is 30.7 Å². The molecule has 0 aliphatic heterocycles. The molecule has 2 saturated carbocycles. The maximum absolute atomic E-state index is 10.4. The van der Waals surface area contributed by atoms with Crippen LogP contribution in [0.3, 0.4) is 0 Å². The number of aliphatic hydroxyl groups is 2. The third kappa shape index (κ3) is 4.78. The van der Waals surface area contributed by atoms with E-state index in [-0.39, 0.29) is 18.3 Å². The van der Waals surface area contributed by atoms with Gasteiger partial charge in [-0.05, 0) is 31.6 Å². The van der Waals surface area contributed by atoms with Crippen LogP contribution in [-0.4, -0.2) is 45.8 Å². The fraction of sp³-hybridized carbons (Fsp3) is 0.765. The number of carboxylic acid groups (broad SMARTS) is 1. The monoisotopic (exact) mass is 325 g/mol. The fourth-order valence-corrected chi connectivity index (χ4v) is 3.48. The van der Waals surface area contributed by atoms with Crippen LogP contribution in [0.1, 0.15) is 45.4 Å². The van der Waals surface area contributed by atoms with Gasteiger partial charge in [0.1, 0.15) is 6.61 Å². The van der Waals surface area contributed by atoms with Crippen molar-refractivity contribution in [1.82, 2.24) is 0 Å². The Hall–Kier alpha value is -1.40. The molecule has 23 heavy (non-hydrogen) atoms. The van der Waals surface area contributed by atoms with Gasteiger partial charge in [-0.15, -0.1) is 0 Å². The summed E-state index contributed by atoms with van der Waals surface area (Å²) in [5.74, 6) is -0.125. The molecule has 0 aromatic rings. The Morgan fingerprint density at radius 3 is 3.00 bits per heavy atom. The highest BCUT2D eigenvalue weighted by Gasteiger charge is 2.51. The van der Waals surface area contributed by atoms with Gasteiger partial charge in [0, 0.05) is 18.3 Å². The quantitative estimate of drug-likeness (QED) is 0.342. The first-order valence-electron chi connectivity index (χ1n) is 8.47. The van der Waals surface area contributed by atoms with E-state index in [4.69, 9.17) is 9.94 Å². The molecule has 2 aliphatic rings. The number of nitrogens with zero attached hydrogens (tertiary/aromatic N) is 1. The molecule has 0 heterocycles. The number of oxime groups is 1. The minimum Gasteiger partial charge on any atom is -0.481 e. The lowest BCUT2D eigenvalue weighted by atomic mass is 9.71. The predicted octanol–water partition coefficient (Wildman–Crippen LogP) is 1.96. The molecule has 6 heteroatoms. The van der Waals surface area contributed by atoms with Gasteiger partial charge in [0.25, 0.3) is 0 Å². The highest BCUT2D eigenvalue weighted by atomic mass is 16.6. The Morgan fingerprint density at radius 1 is 1.52 bits per heavy atom.